The smallest absolute Gasteiger partial charge is 0.225 e. The first kappa shape index (κ1) is 18.8. The van der Waals surface area contributed by atoms with E-state index in [1.807, 2.05) is 0 Å². The minimum atomic E-state index is -0.517. The van der Waals surface area contributed by atoms with Crippen LogP contribution in [0.1, 0.15) is 63.1 Å². The van der Waals surface area contributed by atoms with E-state index in [0.29, 0.717) is 24.2 Å². The van der Waals surface area contributed by atoms with Crippen molar-refractivity contribution in [3.8, 4) is 0 Å². The normalized spacial score (nSPS) is 22.5. The summed E-state index contributed by atoms with van der Waals surface area (Å²) in [6.07, 6.45) is 11.5. The molecule has 0 bridgehead atoms. The maximum Gasteiger partial charge on any atom is 0.225 e. The van der Waals surface area contributed by atoms with Gasteiger partial charge in [0.25, 0.3) is 0 Å². The number of aryl methyl sites for hydroxylation is 1. The molecule has 1 saturated carbocycles. The minimum absolute atomic E-state index is 0.0741. The largest absolute Gasteiger partial charge is 0.343 e. The molecule has 4 rings (SSSR count). The van der Waals surface area contributed by atoms with Crippen LogP contribution in [0.3, 0.4) is 0 Å². The van der Waals surface area contributed by atoms with Crippen molar-refractivity contribution in [1.82, 2.24) is 25.4 Å². The summed E-state index contributed by atoms with van der Waals surface area (Å²) in [5.74, 6) is 1.84. The Balaban J connectivity index is 1.51. The summed E-state index contributed by atoms with van der Waals surface area (Å²) >= 11 is 0. The van der Waals surface area contributed by atoms with Gasteiger partial charge in [0.15, 0.2) is 5.82 Å². The highest BCUT2D eigenvalue weighted by atomic mass is 16.5. The molecule has 8 nitrogen and oxygen atoms in total. The second kappa shape index (κ2) is 8.24. The van der Waals surface area contributed by atoms with Crippen LogP contribution in [-0.4, -0.2) is 39.1 Å². The lowest BCUT2D eigenvalue weighted by Crippen LogP contribution is -2.51. The fourth-order valence-corrected chi connectivity index (χ4v) is 4.40. The van der Waals surface area contributed by atoms with Crippen molar-refractivity contribution in [3.05, 3.63) is 30.2 Å². The number of rotatable bonds is 4. The molecule has 1 aliphatic heterocycles. The van der Waals surface area contributed by atoms with Crippen LogP contribution in [0.15, 0.2) is 23.0 Å². The van der Waals surface area contributed by atoms with E-state index in [2.05, 4.69) is 30.3 Å². The third kappa shape index (κ3) is 4.00. The zero-order chi connectivity index (χ0) is 19.4. The second-order valence-corrected chi connectivity index (χ2v) is 7.96. The molecule has 0 aromatic carbocycles. The highest BCUT2D eigenvalue weighted by Crippen LogP contribution is 2.35. The first-order valence-electron chi connectivity index (χ1n) is 10.3. The molecule has 2 aromatic heterocycles. The highest BCUT2D eigenvalue weighted by Gasteiger charge is 2.40. The average molecular weight is 384 g/mol. The van der Waals surface area contributed by atoms with E-state index in [9.17, 15) is 4.79 Å². The molecule has 1 saturated heterocycles. The maximum absolute atomic E-state index is 13.3. The van der Waals surface area contributed by atoms with Gasteiger partial charge in [0, 0.05) is 32.4 Å². The zero-order valence-electron chi connectivity index (χ0n) is 16.4. The molecule has 1 unspecified atom stereocenters. The van der Waals surface area contributed by atoms with Crippen molar-refractivity contribution in [1.29, 1.82) is 0 Å². The van der Waals surface area contributed by atoms with E-state index < -0.39 is 5.54 Å². The van der Waals surface area contributed by atoms with Gasteiger partial charge in [0.1, 0.15) is 5.54 Å². The summed E-state index contributed by atoms with van der Waals surface area (Å²) < 4.78 is 5.25. The van der Waals surface area contributed by atoms with Gasteiger partial charge >= 0.3 is 0 Å². The number of aromatic nitrogens is 4. The number of carbonyl (C=O) groups is 1. The Labute approximate surface area is 165 Å². The van der Waals surface area contributed by atoms with Crippen molar-refractivity contribution >= 4 is 11.9 Å². The topological polar surface area (TPSA) is 97.0 Å². The lowest BCUT2D eigenvalue weighted by Gasteiger charge is -2.36. The zero-order valence-corrected chi connectivity index (χ0v) is 16.4. The Morgan fingerprint density at radius 1 is 1.18 bits per heavy atom. The molecule has 1 amide bonds. The monoisotopic (exact) mass is 384 g/mol. The lowest BCUT2D eigenvalue weighted by molar-refractivity contribution is -0.127. The Hall–Kier alpha value is -2.51. The lowest BCUT2D eigenvalue weighted by atomic mass is 9.87. The molecule has 1 N–H and O–H groups in total. The van der Waals surface area contributed by atoms with Crippen LogP contribution < -0.4 is 10.2 Å². The van der Waals surface area contributed by atoms with Crippen molar-refractivity contribution in [3.63, 3.8) is 0 Å². The number of amides is 1. The van der Waals surface area contributed by atoms with Gasteiger partial charge in [-0.1, -0.05) is 30.8 Å². The van der Waals surface area contributed by atoms with Crippen molar-refractivity contribution in [2.75, 3.05) is 18.0 Å². The molecule has 0 radical (unpaired) electrons. The number of hydrogen-bond donors (Lipinski definition) is 1. The van der Waals surface area contributed by atoms with Crippen LogP contribution in [0.5, 0.6) is 0 Å². The van der Waals surface area contributed by atoms with E-state index in [0.717, 1.165) is 45.1 Å². The quantitative estimate of drug-likeness (QED) is 0.810. The molecule has 150 valence electrons. The van der Waals surface area contributed by atoms with Crippen LogP contribution in [0.4, 0.5) is 5.95 Å². The standard InChI is InChI=1S/C20H28N6O2/c1-15-23-18(25-28-15)20(9-4-2-3-5-10-20)24-17(27)16-8-6-13-26(14-16)19-21-11-7-12-22-19/h7,11-12,16H,2-6,8-10,13-14H2,1H3,(H,24,27). The third-order valence-electron chi connectivity index (χ3n) is 5.90. The molecule has 2 aliphatic rings. The van der Waals surface area contributed by atoms with Gasteiger partial charge in [-0.25, -0.2) is 9.97 Å². The minimum Gasteiger partial charge on any atom is -0.343 e. The Morgan fingerprint density at radius 3 is 2.61 bits per heavy atom. The van der Waals surface area contributed by atoms with E-state index in [-0.39, 0.29) is 11.8 Å². The number of carbonyl (C=O) groups excluding carboxylic acids is 1. The van der Waals surface area contributed by atoms with Crippen molar-refractivity contribution in [2.24, 2.45) is 5.92 Å². The number of nitrogens with zero attached hydrogens (tertiary/aromatic N) is 5. The SMILES string of the molecule is Cc1nc(C2(NC(=O)C3CCCN(c4ncccn4)C3)CCCCCC2)no1. The van der Waals surface area contributed by atoms with Crippen molar-refractivity contribution < 1.29 is 9.32 Å². The van der Waals surface area contributed by atoms with Crippen molar-refractivity contribution in [2.45, 2.75) is 63.8 Å². The average Bonchev–Trinajstić information content (AvgIpc) is 3.04. The number of piperidine rings is 1. The van der Waals surface area contributed by atoms with Crippen LogP contribution in [0.25, 0.3) is 0 Å². The van der Waals surface area contributed by atoms with Crippen LogP contribution >= 0.6 is 0 Å². The first-order chi connectivity index (χ1) is 13.7. The second-order valence-electron chi connectivity index (χ2n) is 7.96. The summed E-state index contributed by atoms with van der Waals surface area (Å²) in [5.41, 5.74) is -0.517. The molecule has 2 aromatic rings. The van der Waals surface area contributed by atoms with Crippen LogP contribution in [0, 0.1) is 12.8 Å². The van der Waals surface area contributed by atoms with Gasteiger partial charge in [0.05, 0.1) is 5.92 Å². The fraction of sp³-hybridized carbons (Fsp3) is 0.650. The predicted molar refractivity (Wildman–Crippen MR) is 104 cm³/mol. The number of anilines is 1. The predicted octanol–water partition coefficient (Wildman–Crippen LogP) is 2.75. The summed E-state index contributed by atoms with van der Waals surface area (Å²) in [6, 6.07) is 1.81. The molecule has 1 aliphatic carbocycles. The summed E-state index contributed by atoms with van der Waals surface area (Å²) in [6.45, 7) is 3.31. The molecule has 0 spiro atoms. The molecule has 1 atom stereocenters. The van der Waals surface area contributed by atoms with Gasteiger partial charge in [0.2, 0.25) is 17.7 Å². The molecule has 3 heterocycles. The van der Waals surface area contributed by atoms with Crippen LogP contribution in [0.2, 0.25) is 0 Å². The Morgan fingerprint density at radius 2 is 1.93 bits per heavy atom. The van der Waals surface area contributed by atoms with E-state index in [1.165, 1.54) is 12.8 Å². The van der Waals surface area contributed by atoms with Gasteiger partial charge in [-0.2, -0.15) is 4.98 Å². The van der Waals surface area contributed by atoms with Crippen LogP contribution in [-0.2, 0) is 10.3 Å². The summed E-state index contributed by atoms with van der Waals surface area (Å²) in [7, 11) is 0. The van der Waals surface area contributed by atoms with E-state index in [1.54, 1.807) is 25.4 Å². The molecule has 8 heteroatoms. The maximum atomic E-state index is 13.3. The summed E-state index contributed by atoms with van der Waals surface area (Å²) in [4.78, 5) is 28.5. The van der Waals surface area contributed by atoms with E-state index >= 15 is 0 Å². The fourth-order valence-electron chi connectivity index (χ4n) is 4.40. The highest BCUT2D eigenvalue weighted by molar-refractivity contribution is 5.80. The van der Waals surface area contributed by atoms with Gasteiger partial charge < -0.3 is 14.7 Å². The molecular weight excluding hydrogens is 356 g/mol. The third-order valence-corrected chi connectivity index (χ3v) is 5.90. The Bertz CT molecular complexity index is 785. The van der Waals surface area contributed by atoms with Gasteiger partial charge in [-0.15, -0.1) is 0 Å². The first-order valence-corrected chi connectivity index (χ1v) is 10.3. The molecular formula is C20H28N6O2. The van der Waals surface area contributed by atoms with Gasteiger partial charge in [-0.3, -0.25) is 4.79 Å². The molecule has 28 heavy (non-hydrogen) atoms. The van der Waals surface area contributed by atoms with Gasteiger partial charge in [-0.05, 0) is 31.7 Å². The Kier molecular flexibility index (Phi) is 5.54. The van der Waals surface area contributed by atoms with E-state index in [4.69, 9.17) is 4.52 Å². The number of nitrogens with one attached hydrogen (secondary N) is 1. The molecule has 2 fully saturated rings. The summed E-state index contributed by atoms with van der Waals surface area (Å²) in [5, 5.41) is 7.54. The number of hydrogen-bond acceptors (Lipinski definition) is 7.